The SMILES string of the molecule is COc1ccc(C[n+]2ccccc2C#N)cc1.[I-]. The summed E-state index contributed by atoms with van der Waals surface area (Å²) in [5.41, 5.74) is 1.79. The van der Waals surface area contributed by atoms with Gasteiger partial charge in [-0.2, -0.15) is 9.83 Å². The minimum atomic E-state index is 0. The van der Waals surface area contributed by atoms with Crippen molar-refractivity contribution < 1.29 is 33.3 Å². The number of pyridine rings is 1. The molecular formula is C14H13IN2O. The number of rotatable bonds is 3. The zero-order chi connectivity index (χ0) is 12.1. The Balaban J connectivity index is 0.00000162. The van der Waals surface area contributed by atoms with Crippen LogP contribution in [-0.4, -0.2) is 7.11 Å². The predicted octanol–water partition coefficient (Wildman–Crippen LogP) is -1.09. The van der Waals surface area contributed by atoms with Crippen LogP contribution in [0.15, 0.2) is 48.7 Å². The summed E-state index contributed by atoms with van der Waals surface area (Å²) in [5, 5.41) is 8.99. The Morgan fingerprint density at radius 1 is 1.17 bits per heavy atom. The van der Waals surface area contributed by atoms with Crippen molar-refractivity contribution in [2.45, 2.75) is 6.54 Å². The van der Waals surface area contributed by atoms with E-state index >= 15 is 0 Å². The molecule has 0 fully saturated rings. The molecule has 92 valence electrons. The lowest BCUT2D eigenvalue weighted by Crippen LogP contribution is -3.00. The molecule has 0 spiro atoms. The first-order valence-electron chi connectivity index (χ1n) is 5.35. The minimum absolute atomic E-state index is 0. The molecule has 18 heavy (non-hydrogen) atoms. The Labute approximate surface area is 124 Å². The summed E-state index contributed by atoms with van der Waals surface area (Å²) in [6.45, 7) is 0.688. The summed E-state index contributed by atoms with van der Waals surface area (Å²) in [6.07, 6.45) is 1.91. The van der Waals surface area contributed by atoms with Crippen LogP contribution in [0, 0.1) is 11.3 Å². The lowest BCUT2D eigenvalue weighted by Gasteiger charge is -2.01. The van der Waals surface area contributed by atoms with E-state index < -0.39 is 0 Å². The molecule has 0 aliphatic heterocycles. The van der Waals surface area contributed by atoms with Gasteiger partial charge in [-0.15, -0.1) is 0 Å². The molecule has 3 nitrogen and oxygen atoms in total. The lowest BCUT2D eigenvalue weighted by molar-refractivity contribution is -0.690. The number of methoxy groups -OCH3 is 1. The second kappa shape index (κ2) is 6.97. The van der Waals surface area contributed by atoms with Gasteiger partial charge in [0.25, 0.3) is 5.69 Å². The molecule has 0 radical (unpaired) electrons. The number of hydrogen-bond donors (Lipinski definition) is 0. The van der Waals surface area contributed by atoms with Crippen LogP contribution in [-0.2, 0) is 6.54 Å². The van der Waals surface area contributed by atoms with Crippen molar-refractivity contribution in [3.05, 3.63) is 59.9 Å². The van der Waals surface area contributed by atoms with Crippen LogP contribution in [0.4, 0.5) is 0 Å². The van der Waals surface area contributed by atoms with Gasteiger partial charge in [-0.25, -0.2) is 0 Å². The van der Waals surface area contributed by atoms with Crippen LogP contribution in [0.5, 0.6) is 5.75 Å². The van der Waals surface area contributed by atoms with Gasteiger partial charge in [0, 0.05) is 17.7 Å². The second-order valence-electron chi connectivity index (χ2n) is 3.67. The molecule has 0 saturated carbocycles. The van der Waals surface area contributed by atoms with Crippen LogP contribution in [0.3, 0.4) is 0 Å². The van der Waals surface area contributed by atoms with Crippen molar-refractivity contribution >= 4 is 0 Å². The van der Waals surface area contributed by atoms with Gasteiger partial charge >= 0.3 is 0 Å². The molecule has 1 aromatic heterocycles. The fraction of sp³-hybridized carbons (Fsp3) is 0.143. The van der Waals surface area contributed by atoms with Crippen molar-refractivity contribution in [2.24, 2.45) is 0 Å². The molecule has 2 aromatic rings. The Hall–Kier alpha value is -1.61. The van der Waals surface area contributed by atoms with E-state index in [-0.39, 0.29) is 24.0 Å². The highest BCUT2D eigenvalue weighted by Crippen LogP contribution is 2.10. The third-order valence-corrected chi connectivity index (χ3v) is 2.57. The van der Waals surface area contributed by atoms with Gasteiger partial charge in [-0.05, 0) is 30.3 Å². The molecule has 0 bridgehead atoms. The standard InChI is InChI=1S/C14H13N2O.HI/c1-17-14-7-5-12(6-8-14)11-16-9-3-2-4-13(16)10-15;/h2-9H,11H2,1H3;1H/q+1;/p-1. The van der Waals surface area contributed by atoms with Gasteiger partial charge in [0.05, 0.1) is 7.11 Å². The zero-order valence-corrected chi connectivity index (χ0v) is 12.2. The molecule has 0 N–H and O–H groups in total. The first kappa shape index (κ1) is 14.5. The highest BCUT2D eigenvalue weighted by atomic mass is 127. The number of ether oxygens (including phenoxy) is 1. The summed E-state index contributed by atoms with van der Waals surface area (Å²) in [7, 11) is 1.65. The molecule has 0 saturated heterocycles. The van der Waals surface area contributed by atoms with Crippen molar-refractivity contribution in [3.8, 4) is 11.8 Å². The molecule has 0 aliphatic rings. The maximum absolute atomic E-state index is 8.99. The fourth-order valence-electron chi connectivity index (χ4n) is 1.64. The molecule has 1 aromatic carbocycles. The second-order valence-corrected chi connectivity index (χ2v) is 3.67. The Morgan fingerprint density at radius 3 is 2.50 bits per heavy atom. The molecule has 4 heteroatoms. The number of nitrogens with zero attached hydrogens (tertiary/aromatic N) is 2. The first-order valence-corrected chi connectivity index (χ1v) is 5.35. The topological polar surface area (TPSA) is 36.9 Å². The smallest absolute Gasteiger partial charge is 0.283 e. The van der Waals surface area contributed by atoms with Crippen LogP contribution in [0.1, 0.15) is 11.3 Å². The minimum Gasteiger partial charge on any atom is -1.00 e. The molecule has 0 unspecified atom stereocenters. The van der Waals surface area contributed by atoms with E-state index in [2.05, 4.69) is 6.07 Å². The number of halogens is 1. The monoisotopic (exact) mass is 352 g/mol. The van der Waals surface area contributed by atoms with Gasteiger partial charge < -0.3 is 28.7 Å². The van der Waals surface area contributed by atoms with Crippen LogP contribution in [0.2, 0.25) is 0 Å². The molecule has 0 amide bonds. The number of hydrogen-bond acceptors (Lipinski definition) is 2. The van der Waals surface area contributed by atoms with Crippen molar-refractivity contribution in [3.63, 3.8) is 0 Å². The summed E-state index contributed by atoms with van der Waals surface area (Å²) in [6, 6.07) is 15.6. The van der Waals surface area contributed by atoms with Crippen LogP contribution < -0.4 is 33.3 Å². The maximum atomic E-state index is 8.99. The van der Waals surface area contributed by atoms with E-state index in [0.29, 0.717) is 12.2 Å². The van der Waals surface area contributed by atoms with E-state index in [1.54, 1.807) is 7.11 Å². The van der Waals surface area contributed by atoms with Gasteiger partial charge in [0.1, 0.15) is 5.75 Å². The molecular weight excluding hydrogens is 339 g/mol. The van der Waals surface area contributed by atoms with E-state index in [1.165, 1.54) is 0 Å². The van der Waals surface area contributed by atoms with Crippen molar-refractivity contribution in [1.29, 1.82) is 5.26 Å². The normalized spacial score (nSPS) is 9.11. The highest BCUT2D eigenvalue weighted by Gasteiger charge is 2.08. The Morgan fingerprint density at radius 2 is 1.89 bits per heavy atom. The Bertz CT molecular complexity index is 546. The fourth-order valence-corrected chi connectivity index (χ4v) is 1.64. The molecule has 0 atom stereocenters. The number of nitriles is 1. The van der Waals surface area contributed by atoms with E-state index in [4.69, 9.17) is 10.00 Å². The van der Waals surface area contributed by atoms with E-state index in [0.717, 1.165) is 11.3 Å². The number of aromatic nitrogens is 1. The molecule has 0 aliphatic carbocycles. The largest absolute Gasteiger partial charge is 1.00 e. The zero-order valence-electron chi connectivity index (χ0n) is 10.0. The number of benzene rings is 1. The van der Waals surface area contributed by atoms with E-state index in [1.807, 2.05) is 53.2 Å². The van der Waals surface area contributed by atoms with Gasteiger partial charge in [-0.3, -0.25) is 0 Å². The maximum Gasteiger partial charge on any atom is 0.283 e. The van der Waals surface area contributed by atoms with Crippen LogP contribution in [0.25, 0.3) is 0 Å². The summed E-state index contributed by atoms with van der Waals surface area (Å²) in [5.74, 6) is 0.840. The van der Waals surface area contributed by atoms with E-state index in [9.17, 15) is 0 Å². The Kier molecular flexibility index (Phi) is 5.59. The quantitative estimate of drug-likeness (QED) is 0.520. The van der Waals surface area contributed by atoms with Crippen LogP contribution >= 0.6 is 0 Å². The van der Waals surface area contributed by atoms with Gasteiger partial charge in [-0.1, -0.05) is 0 Å². The third-order valence-electron chi connectivity index (χ3n) is 2.57. The summed E-state index contributed by atoms with van der Waals surface area (Å²) < 4.78 is 7.02. The average Bonchev–Trinajstić information content (AvgIpc) is 2.40. The highest BCUT2D eigenvalue weighted by molar-refractivity contribution is 5.26. The molecule has 2 rings (SSSR count). The average molecular weight is 352 g/mol. The molecule has 1 heterocycles. The van der Waals surface area contributed by atoms with Crippen molar-refractivity contribution in [1.82, 2.24) is 0 Å². The van der Waals surface area contributed by atoms with Gasteiger partial charge in [0.2, 0.25) is 0 Å². The predicted molar refractivity (Wildman–Crippen MR) is 63.4 cm³/mol. The third kappa shape index (κ3) is 3.44. The van der Waals surface area contributed by atoms with Crippen molar-refractivity contribution in [2.75, 3.05) is 7.11 Å². The summed E-state index contributed by atoms with van der Waals surface area (Å²) in [4.78, 5) is 0. The lowest BCUT2D eigenvalue weighted by atomic mass is 10.2. The first-order chi connectivity index (χ1) is 8.33. The summed E-state index contributed by atoms with van der Waals surface area (Å²) >= 11 is 0. The van der Waals surface area contributed by atoms with Gasteiger partial charge in [0.15, 0.2) is 18.8 Å².